The average molecular weight is 430 g/mol. The Morgan fingerprint density at radius 2 is 1.93 bits per heavy atom. The molecule has 0 fully saturated rings. The summed E-state index contributed by atoms with van der Waals surface area (Å²) in [7, 11) is -3.92. The highest BCUT2D eigenvalue weighted by Gasteiger charge is 2.24. The number of amides is 1. The number of aromatic nitrogens is 2. The van der Waals surface area contributed by atoms with Gasteiger partial charge in [0, 0.05) is 23.1 Å². The van der Waals surface area contributed by atoms with Crippen LogP contribution >= 0.6 is 11.6 Å². The van der Waals surface area contributed by atoms with Crippen LogP contribution in [0.3, 0.4) is 0 Å². The molecule has 0 aliphatic heterocycles. The Bertz CT molecular complexity index is 1300. The molecular weight excluding hydrogens is 414 g/mol. The second kappa shape index (κ2) is 7.38. The molecule has 0 aliphatic carbocycles. The molecule has 1 amide bonds. The molecule has 0 saturated carbocycles. The molecule has 2 aromatic carbocycles. The molecule has 9 heteroatoms. The number of nitrogens with two attached hydrogens (primary N) is 1. The first-order valence-electron chi connectivity index (χ1n) is 8.69. The van der Waals surface area contributed by atoms with Crippen molar-refractivity contribution in [3.8, 4) is 11.3 Å². The van der Waals surface area contributed by atoms with E-state index in [1.807, 2.05) is 0 Å². The van der Waals surface area contributed by atoms with Gasteiger partial charge in [0.2, 0.25) is 5.91 Å². The lowest BCUT2D eigenvalue weighted by atomic mass is 10.1. The maximum Gasteiger partial charge on any atom is 0.268 e. The Balaban J connectivity index is 1.99. The lowest BCUT2D eigenvalue weighted by molar-refractivity contribution is -0.118. The van der Waals surface area contributed by atoms with Crippen LogP contribution < -0.4 is 5.73 Å². The van der Waals surface area contributed by atoms with Crippen LogP contribution in [0.4, 0.5) is 0 Å². The maximum atomic E-state index is 13.4. The van der Waals surface area contributed by atoms with E-state index in [0.29, 0.717) is 32.9 Å². The van der Waals surface area contributed by atoms with Crippen molar-refractivity contribution in [2.24, 2.45) is 5.73 Å². The van der Waals surface area contributed by atoms with Crippen LogP contribution in [0.1, 0.15) is 12.1 Å². The summed E-state index contributed by atoms with van der Waals surface area (Å²) < 4.78 is 33.1. The van der Waals surface area contributed by atoms with Crippen molar-refractivity contribution in [3.05, 3.63) is 71.9 Å². The highest BCUT2D eigenvalue weighted by atomic mass is 35.5. The molecule has 2 aromatic heterocycles. The Hall–Kier alpha value is -3.10. The van der Waals surface area contributed by atoms with Crippen molar-refractivity contribution in [2.75, 3.05) is 0 Å². The lowest BCUT2D eigenvalue weighted by Crippen LogP contribution is -2.18. The highest BCUT2D eigenvalue weighted by molar-refractivity contribution is 7.90. The molecular formula is C20H16ClN3O4S. The number of aryl methyl sites for hydroxylation is 1. The van der Waals surface area contributed by atoms with Gasteiger partial charge in [-0.3, -0.25) is 4.79 Å². The summed E-state index contributed by atoms with van der Waals surface area (Å²) in [5, 5.41) is 1.03. The van der Waals surface area contributed by atoms with E-state index in [1.54, 1.807) is 36.4 Å². The maximum absolute atomic E-state index is 13.4. The number of nitrogens with zero attached hydrogens (tertiary/aromatic N) is 2. The van der Waals surface area contributed by atoms with E-state index in [-0.39, 0.29) is 17.7 Å². The lowest BCUT2D eigenvalue weighted by Gasteiger charge is -2.12. The van der Waals surface area contributed by atoms with Crippen LogP contribution in [-0.2, 0) is 21.2 Å². The molecule has 2 N–H and O–H groups in total. The highest BCUT2D eigenvalue weighted by Crippen LogP contribution is 2.35. The summed E-state index contributed by atoms with van der Waals surface area (Å²) in [4.78, 5) is 15.5. The number of halogens is 1. The topological polar surface area (TPSA) is 108 Å². The molecule has 7 nitrogen and oxygen atoms in total. The van der Waals surface area contributed by atoms with Gasteiger partial charge < -0.3 is 10.2 Å². The standard InChI is InChI=1S/C20H16ClN3O4S/c21-17-9-13-8-14(6-7-20(22)25)24(29(26,27)15-4-2-1-3-5-15)19(13)10-16(17)18-11-28-12-23-18/h1-5,8-12H,6-7H2,(H2,22,25). The first-order chi connectivity index (χ1) is 13.9. The van der Waals surface area contributed by atoms with Gasteiger partial charge >= 0.3 is 0 Å². The first-order valence-corrected chi connectivity index (χ1v) is 10.5. The van der Waals surface area contributed by atoms with Gasteiger partial charge in [-0.05, 0) is 36.8 Å². The van der Waals surface area contributed by atoms with Crippen molar-refractivity contribution in [1.82, 2.24) is 8.96 Å². The number of oxazole rings is 1. The van der Waals surface area contributed by atoms with Gasteiger partial charge in [-0.25, -0.2) is 17.4 Å². The minimum atomic E-state index is -3.92. The molecule has 148 valence electrons. The molecule has 4 rings (SSSR count). The van der Waals surface area contributed by atoms with Gasteiger partial charge in [0.1, 0.15) is 12.0 Å². The smallest absolute Gasteiger partial charge is 0.268 e. The van der Waals surface area contributed by atoms with Gasteiger partial charge in [-0.1, -0.05) is 29.8 Å². The zero-order chi connectivity index (χ0) is 20.6. The zero-order valence-corrected chi connectivity index (χ0v) is 16.7. The van der Waals surface area contributed by atoms with Gasteiger partial charge in [0.15, 0.2) is 6.39 Å². The normalized spacial score (nSPS) is 11.8. The van der Waals surface area contributed by atoms with Gasteiger partial charge in [0.05, 0.1) is 15.4 Å². The Kier molecular flexibility index (Phi) is 4.89. The second-order valence-electron chi connectivity index (χ2n) is 6.45. The number of rotatable bonds is 6. The largest absolute Gasteiger partial charge is 0.451 e. The third-order valence-corrected chi connectivity index (χ3v) is 6.63. The Morgan fingerprint density at radius 1 is 1.17 bits per heavy atom. The number of carbonyl (C=O) groups is 1. The van der Waals surface area contributed by atoms with Crippen LogP contribution in [0.25, 0.3) is 22.2 Å². The summed E-state index contributed by atoms with van der Waals surface area (Å²) in [5.74, 6) is -0.514. The van der Waals surface area contributed by atoms with E-state index in [1.165, 1.54) is 28.8 Å². The second-order valence-corrected chi connectivity index (χ2v) is 8.64. The number of hydrogen-bond donors (Lipinski definition) is 1. The van der Waals surface area contributed by atoms with Crippen molar-refractivity contribution in [1.29, 1.82) is 0 Å². The fourth-order valence-corrected chi connectivity index (χ4v) is 5.06. The molecule has 0 atom stereocenters. The van der Waals surface area contributed by atoms with Crippen molar-refractivity contribution in [3.63, 3.8) is 0 Å². The molecule has 4 aromatic rings. The SMILES string of the molecule is NC(=O)CCc1cc2cc(Cl)c(-c3cocn3)cc2n1S(=O)(=O)c1ccccc1. The summed E-state index contributed by atoms with van der Waals surface area (Å²) in [6, 6.07) is 13.1. The molecule has 0 aliphatic rings. The van der Waals surface area contributed by atoms with Crippen LogP contribution in [0.5, 0.6) is 0 Å². The fraction of sp³-hybridized carbons (Fsp3) is 0.100. The first kappa shape index (κ1) is 19.2. The van der Waals surface area contributed by atoms with E-state index >= 15 is 0 Å². The average Bonchev–Trinajstić information content (AvgIpc) is 3.34. The zero-order valence-electron chi connectivity index (χ0n) is 15.1. The van der Waals surface area contributed by atoms with Crippen molar-refractivity contribution < 1.29 is 17.6 Å². The van der Waals surface area contributed by atoms with Crippen LogP contribution in [0.2, 0.25) is 5.02 Å². The predicted octanol–water partition coefficient (Wildman–Crippen LogP) is 3.60. The van der Waals surface area contributed by atoms with Gasteiger partial charge in [-0.2, -0.15) is 0 Å². The number of hydrogen-bond acceptors (Lipinski definition) is 5. The quantitative estimate of drug-likeness (QED) is 0.503. The molecule has 29 heavy (non-hydrogen) atoms. The van der Waals surface area contributed by atoms with E-state index in [9.17, 15) is 13.2 Å². The third kappa shape index (κ3) is 3.52. The minimum absolute atomic E-state index is 0.0184. The Morgan fingerprint density at radius 3 is 2.59 bits per heavy atom. The number of fused-ring (bicyclic) bond motifs is 1. The van der Waals surface area contributed by atoms with Gasteiger partial charge in [-0.15, -0.1) is 0 Å². The van der Waals surface area contributed by atoms with E-state index in [2.05, 4.69) is 4.98 Å². The number of benzene rings is 2. The fourth-order valence-electron chi connectivity index (χ4n) is 3.21. The molecule has 0 radical (unpaired) electrons. The van der Waals surface area contributed by atoms with E-state index < -0.39 is 15.9 Å². The summed E-state index contributed by atoms with van der Waals surface area (Å²) in [6.45, 7) is 0. The molecule has 0 bridgehead atoms. The van der Waals surface area contributed by atoms with E-state index in [4.69, 9.17) is 21.8 Å². The molecule has 0 saturated heterocycles. The minimum Gasteiger partial charge on any atom is -0.451 e. The van der Waals surface area contributed by atoms with Gasteiger partial charge in [0.25, 0.3) is 10.0 Å². The predicted molar refractivity (Wildman–Crippen MR) is 109 cm³/mol. The summed E-state index contributed by atoms with van der Waals surface area (Å²) in [6.07, 6.45) is 2.89. The Labute approximate surface area is 171 Å². The number of carbonyl (C=O) groups excluding carboxylic acids is 1. The third-order valence-electron chi connectivity index (χ3n) is 4.54. The van der Waals surface area contributed by atoms with Crippen LogP contribution in [0, 0.1) is 0 Å². The van der Waals surface area contributed by atoms with Crippen LogP contribution in [-0.4, -0.2) is 23.3 Å². The molecule has 2 heterocycles. The van der Waals surface area contributed by atoms with Crippen LogP contribution in [0.15, 0.2) is 70.5 Å². The summed E-state index contributed by atoms with van der Waals surface area (Å²) in [5.41, 5.74) is 7.17. The monoisotopic (exact) mass is 429 g/mol. The molecule has 0 unspecified atom stereocenters. The molecule has 0 spiro atoms. The summed E-state index contributed by atoms with van der Waals surface area (Å²) >= 11 is 6.40. The van der Waals surface area contributed by atoms with Crippen molar-refractivity contribution in [2.45, 2.75) is 17.7 Å². The van der Waals surface area contributed by atoms with E-state index in [0.717, 1.165) is 0 Å². The number of primary amides is 1. The van der Waals surface area contributed by atoms with Crippen molar-refractivity contribution >= 4 is 38.4 Å².